The summed E-state index contributed by atoms with van der Waals surface area (Å²) in [6.07, 6.45) is -4.48. The third-order valence-corrected chi connectivity index (χ3v) is 2.79. The maximum atomic E-state index is 12.5. The number of aromatic carboxylic acids is 1. The van der Waals surface area contributed by atoms with Crippen LogP contribution < -0.4 is 5.11 Å². The first-order valence-corrected chi connectivity index (χ1v) is 5.69. The predicted molar refractivity (Wildman–Crippen MR) is 61.8 cm³/mol. The lowest BCUT2D eigenvalue weighted by Crippen LogP contribution is -2.22. The molecule has 1 heterocycles. The Hall–Kier alpha value is -2.31. The number of rotatable bonds is 3. The van der Waals surface area contributed by atoms with Crippen LogP contribution in [-0.4, -0.2) is 15.7 Å². The Balaban J connectivity index is 2.22. The average molecular weight is 283 g/mol. The summed E-state index contributed by atoms with van der Waals surface area (Å²) in [6, 6.07) is 6.68. The lowest BCUT2D eigenvalue weighted by molar-refractivity contribution is -0.255. The lowest BCUT2D eigenvalue weighted by Gasteiger charge is -2.07. The van der Waals surface area contributed by atoms with Gasteiger partial charge in [0, 0.05) is 5.69 Å². The normalized spacial score (nSPS) is 11.6. The van der Waals surface area contributed by atoms with Gasteiger partial charge in [-0.05, 0) is 24.1 Å². The van der Waals surface area contributed by atoms with E-state index in [9.17, 15) is 23.1 Å². The number of carboxylic acids is 1. The van der Waals surface area contributed by atoms with Crippen molar-refractivity contribution >= 4 is 5.97 Å². The van der Waals surface area contributed by atoms with Gasteiger partial charge in [-0.25, -0.2) is 0 Å². The first-order chi connectivity index (χ1) is 9.27. The largest absolute Gasteiger partial charge is 0.545 e. The third-order valence-electron chi connectivity index (χ3n) is 2.79. The fourth-order valence-corrected chi connectivity index (χ4v) is 1.73. The minimum atomic E-state index is -4.48. The predicted octanol–water partition coefficient (Wildman–Crippen LogP) is 1.62. The molecule has 1 aromatic carbocycles. The molecule has 0 unspecified atom stereocenters. The number of aromatic nitrogens is 2. The van der Waals surface area contributed by atoms with E-state index in [1.165, 1.54) is 35.9 Å². The second-order valence-electron chi connectivity index (χ2n) is 4.31. The zero-order chi connectivity index (χ0) is 14.9. The van der Waals surface area contributed by atoms with Gasteiger partial charge in [-0.1, -0.05) is 24.3 Å². The molecular formula is C13H10F3N2O2-. The summed E-state index contributed by atoms with van der Waals surface area (Å²) in [5.41, 5.74) is 0.0968. The van der Waals surface area contributed by atoms with Crippen molar-refractivity contribution in [3.8, 4) is 0 Å². The summed E-state index contributed by atoms with van der Waals surface area (Å²) in [5.74, 6) is -1.30. The molecule has 7 heteroatoms. The first kappa shape index (κ1) is 14.1. The highest BCUT2D eigenvalue weighted by molar-refractivity contribution is 5.85. The second kappa shape index (κ2) is 4.99. The zero-order valence-electron chi connectivity index (χ0n) is 10.4. The SMILES string of the molecule is Cc1cc(C(F)(F)F)nn1Cc1ccc(C(=O)[O-])cc1. The van der Waals surface area contributed by atoms with Gasteiger partial charge in [-0.2, -0.15) is 18.3 Å². The van der Waals surface area contributed by atoms with E-state index in [1.807, 2.05) is 0 Å². The number of carbonyl (C=O) groups excluding carboxylic acids is 1. The van der Waals surface area contributed by atoms with Crippen LogP contribution >= 0.6 is 0 Å². The fourth-order valence-electron chi connectivity index (χ4n) is 1.73. The van der Waals surface area contributed by atoms with Crippen LogP contribution in [0.5, 0.6) is 0 Å². The number of halogens is 3. The third kappa shape index (κ3) is 2.98. The topological polar surface area (TPSA) is 58.0 Å². The molecule has 0 aliphatic carbocycles. The number of benzene rings is 1. The van der Waals surface area contributed by atoms with Crippen molar-refractivity contribution in [2.75, 3.05) is 0 Å². The number of alkyl halides is 3. The van der Waals surface area contributed by atoms with Crippen LogP contribution in [0.25, 0.3) is 0 Å². The van der Waals surface area contributed by atoms with E-state index in [4.69, 9.17) is 0 Å². The molecule has 0 radical (unpaired) electrons. The summed E-state index contributed by atoms with van der Waals surface area (Å²) < 4.78 is 38.8. The fraction of sp³-hybridized carbons (Fsp3) is 0.231. The van der Waals surface area contributed by atoms with E-state index in [2.05, 4.69) is 5.10 Å². The molecule has 0 fully saturated rings. The molecule has 2 aromatic rings. The maximum Gasteiger partial charge on any atom is 0.435 e. The summed E-state index contributed by atoms with van der Waals surface area (Å²) in [5, 5.41) is 14.1. The average Bonchev–Trinajstić information content (AvgIpc) is 2.71. The van der Waals surface area contributed by atoms with E-state index in [0.717, 1.165) is 6.07 Å². The van der Waals surface area contributed by atoms with Crippen LogP contribution in [0.15, 0.2) is 30.3 Å². The minimum absolute atomic E-state index is 0.0157. The minimum Gasteiger partial charge on any atom is -0.545 e. The van der Waals surface area contributed by atoms with Crippen molar-refractivity contribution in [2.45, 2.75) is 19.6 Å². The number of hydrogen-bond acceptors (Lipinski definition) is 3. The molecule has 0 atom stereocenters. The summed E-state index contributed by atoms with van der Waals surface area (Å²) in [6.45, 7) is 1.66. The second-order valence-corrected chi connectivity index (χ2v) is 4.31. The molecule has 0 spiro atoms. The summed E-state index contributed by atoms with van der Waals surface area (Å²) >= 11 is 0. The van der Waals surface area contributed by atoms with E-state index in [-0.39, 0.29) is 12.1 Å². The quantitative estimate of drug-likeness (QED) is 0.860. The lowest BCUT2D eigenvalue weighted by atomic mass is 10.1. The van der Waals surface area contributed by atoms with E-state index >= 15 is 0 Å². The van der Waals surface area contributed by atoms with Crippen LogP contribution in [-0.2, 0) is 12.7 Å². The van der Waals surface area contributed by atoms with E-state index in [0.29, 0.717) is 11.3 Å². The Morgan fingerprint density at radius 3 is 2.35 bits per heavy atom. The van der Waals surface area contributed by atoms with E-state index < -0.39 is 17.8 Å². The van der Waals surface area contributed by atoms with Crippen molar-refractivity contribution in [3.05, 3.63) is 52.8 Å². The van der Waals surface area contributed by atoms with Gasteiger partial charge in [0.05, 0.1) is 12.5 Å². The molecule has 106 valence electrons. The highest BCUT2D eigenvalue weighted by Gasteiger charge is 2.34. The Morgan fingerprint density at radius 2 is 1.90 bits per heavy atom. The summed E-state index contributed by atoms with van der Waals surface area (Å²) in [7, 11) is 0. The number of nitrogens with zero attached hydrogens (tertiary/aromatic N) is 2. The van der Waals surface area contributed by atoms with Gasteiger partial charge in [-0.3, -0.25) is 4.68 Å². The highest BCUT2D eigenvalue weighted by Crippen LogP contribution is 2.28. The van der Waals surface area contributed by atoms with Gasteiger partial charge in [-0.15, -0.1) is 0 Å². The van der Waals surface area contributed by atoms with Crippen LogP contribution in [0.3, 0.4) is 0 Å². The number of carbonyl (C=O) groups is 1. The number of hydrogen-bond donors (Lipinski definition) is 0. The smallest absolute Gasteiger partial charge is 0.435 e. The van der Waals surface area contributed by atoms with Crippen molar-refractivity contribution in [3.63, 3.8) is 0 Å². The molecule has 0 aliphatic heterocycles. The van der Waals surface area contributed by atoms with Gasteiger partial charge >= 0.3 is 6.18 Å². The van der Waals surface area contributed by atoms with Gasteiger partial charge in [0.1, 0.15) is 0 Å². The molecule has 0 amide bonds. The first-order valence-electron chi connectivity index (χ1n) is 5.69. The molecule has 1 aromatic heterocycles. The van der Waals surface area contributed by atoms with Crippen molar-refractivity contribution < 1.29 is 23.1 Å². The molecular weight excluding hydrogens is 273 g/mol. The Kier molecular flexibility index (Phi) is 3.52. The van der Waals surface area contributed by atoms with E-state index in [1.54, 1.807) is 0 Å². The molecule has 0 N–H and O–H groups in total. The highest BCUT2D eigenvalue weighted by atomic mass is 19.4. The number of carboxylic acid groups (broad SMARTS) is 1. The molecule has 4 nitrogen and oxygen atoms in total. The molecule has 0 bridgehead atoms. The standard InChI is InChI=1S/C13H11F3N2O2/c1-8-6-11(13(14,15)16)17-18(8)7-9-2-4-10(5-3-9)12(19)20/h2-6H,7H2,1H3,(H,19,20)/p-1. The van der Waals surface area contributed by atoms with Crippen LogP contribution in [0, 0.1) is 6.92 Å². The molecule has 0 aliphatic rings. The van der Waals surface area contributed by atoms with Gasteiger partial charge < -0.3 is 9.90 Å². The zero-order valence-corrected chi connectivity index (χ0v) is 10.4. The monoisotopic (exact) mass is 283 g/mol. The molecule has 20 heavy (non-hydrogen) atoms. The molecule has 2 rings (SSSR count). The molecule has 0 saturated carbocycles. The van der Waals surface area contributed by atoms with Crippen LogP contribution in [0.1, 0.15) is 27.3 Å². The van der Waals surface area contributed by atoms with Crippen molar-refractivity contribution in [1.29, 1.82) is 0 Å². The van der Waals surface area contributed by atoms with Crippen LogP contribution in [0.4, 0.5) is 13.2 Å². The maximum absolute atomic E-state index is 12.5. The van der Waals surface area contributed by atoms with Crippen molar-refractivity contribution in [2.24, 2.45) is 0 Å². The van der Waals surface area contributed by atoms with Gasteiger partial charge in [0.15, 0.2) is 5.69 Å². The summed E-state index contributed by atoms with van der Waals surface area (Å²) in [4.78, 5) is 10.6. The Labute approximate surface area is 112 Å². The van der Waals surface area contributed by atoms with Crippen molar-refractivity contribution in [1.82, 2.24) is 9.78 Å². The van der Waals surface area contributed by atoms with Gasteiger partial charge in [0.2, 0.25) is 0 Å². The molecule has 0 saturated heterocycles. The van der Waals surface area contributed by atoms with Crippen LogP contribution in [0.2, 0.25) is 0 Å². The Morgan fingerprint density at radius 1 is 1.30 bits per heavy atom. The van der Waals surface area contributed by atoms with Gasteiger partial charge in [0.25, 0.3) is 0 Å². The Bertz CT molecular complexity index is 630. The number of aryl methyl sites for hydroxylation is 1.